The summed E-state index contributed by atoms with van der Waals surface area (Å²) in [5.41, 5.74) is -0.445. The Morgan fingerprint density at radius 2 is 1.77 bits per heavy atom. The van der Waals surface area contributed by atoms with Gasteiger partial charge in [-0.05, 0) is 46.5 Å². The number of piperidine rings is 1. The third kappa shape index (κ3) is 5.41. The van der Waals surface area contributed by atoms with E-state index in [0.29, 0.717) is 19.7 Å². The fourth-order valence-electron chi connectivity index (χ4n) is 2.76. The minimum absolute atomic E-state index is 0.0746. The normalized spacial score (nSPS) is 26.6. The largest absolute Gasteiger partial charge is 0.444 e. The van der Waals surface area contributed by atoms with Crippen LogP contribution in [0.4, 0.5) is 4.79 Å². The first-order chi connectivity index (χ1) is 10.4. The number of carbonyl (C=O) groups excluding carboxylic acids is 1. The lowest BCUT2D eigenvalue weighted by molar-refractivity contribution is -0.137. The van der Waals surface area contributed by atoms with Crippen LogP contribution in [0.5, 0.6) is 0 Å². The maximum atomic E-state index is 12.0. The molecule has 1 heterocycles. The number of amides is 1. The Bertz CT molecular complexity index is 354. The van der Waals surface area contributed by atoms with Gasteiger partial charge in [-0.25, -0.2) is 4.79 Å². The molecule has 22 heavy (non-hydrogen) atoms. The van der Waals surface area contributed by atoms with Gasteiger partial charge in [-0.3, -0.25) is 0 Å². The highest BCUT2D eigenvalue weighted by Crippen LogP contribution is 2.29. The van der Waals surface area contributed by atoms with Crippen molar-refractivity contribution in [3.63, 3.8) is 0 Å². The third-order valence-corrected chi connectivity index (χ3v) is 3.97. The van der Waals surface area contributed by atoms with Crippen molar-refractivity contribution in [3.8, 4) is 0 Å². The van der Waals surface area contributed by atoms with E-state index in [4.69, 9.17) is 19.3 Å². The average molecular weight is 315 g/mol. The molecule has 0 aromatic heterocycles. The summed E-state index contributed by atoms with van der Waals surface area (Å²) in [6, 6.07) is 0. The Morgan fingerprint density at radius 1 is 1.14 bits per heavy atom. The molecule has 2 fully saturated rings. The molecule has 0 atom stereocenters. The van der Waals surface area contributed by atoms with Gasteiger partial charge in [-0.15, -0.1) is 0 Å². The van der Waals surface area contributed by atoms with E-state index < -0.39 is 5.60 Å². The van der Waals surface area contributed by atoms with Gasteiger partial charge in [0.1, 0.15) is 5.60 Å². The zero-order valence-electron chi connectivity index (χ0n) is 13.9. The molecular formula is C16H29NO5. The second-order valence-corrected chi connectivity index (χ2v) is 7.11. The van der Waals surface area contributed by atoms with Crippen molar-refractivity contribution in [3.05, 3.63) is 0 Å². The van der Waals surface area contributed by atoms with Crippen molar-refractivity contribution in [2.24, 2.45) is 0 Å². The summed E-state index contributed by atoms with van der Waals surface area (Å²) in [7, 11) is 0. The molecule has 2 rings (SSSR count). The quantitative estimate of drug-likeness (QED) is 0.840. The van der Waals surface area contributed by atoms with E-state index in [1.807, 2.05) is 20.8 Å². The van der Waals surface area contributed by atoms with Gasteiger partial charge in [0.25, 0.3) is 0 Å². The van der Waals surface area contributed by atoms with E-state index in [9.17, 15) is 4.79 Å². The lowest BCUT2D eigenvalue weighted by atomic mass is 9.91. The average Bonchev–Trinajstić information content (AvgIpc) is 2.40. The fourth-order valence-corrected chi connectivity index (χ4v) is 2.76. The maximum Gasteiger partial charge on any atom is 0.410 e. The van der Waals surface area contributed by atoms with Crippen molar-refractivity contribution in [1.82, 2.24) is 4.90 Å². The van der Waals surface area contributed by atoms with Crippen LogP contribution in [-0.4, -0.2) is 66.3 Å². The molecule has 0 aromatic rings. The minimum Gasteiger partial charge on any atom is -0.444 e. The summed E-state index contributed by atoms with van der Waals surface area (Å²) in [6.07, 6.45) is 4.03. The lowest BCUT2D eigenvalue weighted by Gasteiger charge is -2.39. The highest BCUT2D eigenvalue weighted by atomic mass is 16.6. The van der Waals surface area contributed by atoms with Gasteiger partial charge in [0.15, 0.2) is 0 Å². The number of carbonyl (C=O) groups is 1. The maximum absolute atomic E-state index is 12.0. The van der Waals surface area contributed by atoms with Crippen LogP contribution < -0.4 is 0 Å². The van der Waals surface area contributed by atoms with Crippen molar-refractivity contribution >= 4 is 6.09 Å². The van der Waals surface area contributed by atoms with E-state index in [0.717, 1.165) is 25.7 Å². The number of hydrogen-bond donors (Lipinski definition) is 1. The zero-order chi connectivity index (χ0) is 16.2. The highest BCUT2D eigenvalue weighted by Gasteiger charge is 2.34. The van der Waals surface area contributed by atoms with Gasteiger partial charge in [0, 0.05) is 13.1 Å². The molecule has 1 saturated carbocycles. The Kier molecular flexibility index (Phi) is 6.06. The van der Waals surface area contributed by atoms with E-state index in [1.54, 1.807) is 4.90 Å². The second-order valence-electron chi connectivity index (χ2n) is 7.11. The molecular weight excluding hydrogens is 286 g/mol. The zero-order valence-corrected chi connectivity index (χ0v) is 13.9. The Hall–Kier alpha value is -0.850. The molecule has 0 aromatic carbocycles. The number of hydrogen-bond acceptors (Lipinski definition) is 5. The monoisotopic (exact) mass is 315 g/mol. The van der Waals surface area contributed by atoms with E-state index in [1.165, 1.54) is 0 Å². The highest BCUT2D eigenvalue weighted by molar-refractivity contribution is 5.68. The summed E-state index contributed by atoms with van der Waals surface area (Å²) < 4.78 is 16.9. The predicted octanol–water partition coefficient (Wildman–Crippen LogP) is 1.94. The molecule has 0 spiro atoms. The van der Waals surface area contributed by atoms with Crippen LogP contribution >= 0.6 is 0 Å². The number of likely N-dealkylation sites (tertiary alicyclic amines) is 1. The number of ether oxygens (including phenoxy) is 3. The minimum atomic E-state index is -0.445. The standard InChI is InChI=1S/C16H29NO5/c1-16(2,3)22-15(19)17-6-4-12(5-7-17)21-14-10-13(11-14)20-9-8-18/h12-14,18H,4-11H2,1-3H3/t13-,14-. The molecule has 1 aliphatic heterocycles. The van der Waals surface area contributed by atoms with E-state index in [-0.39, 0.29) is 31.0 Å². The fraction of sp³-hybridized carbons (Fsp3) is 0.938. The van der Waals surface area contributed by atoms with Crippen molar-refractivity contribution in [2.45, 2.75) is 70.4 Å². The van der Waals surface area contributed by atoms with E-state index in [2.05, 4.69) is 0 Å². The summed E-state index contributed by atoms with van der Waals surface area (Å²) >= 11 is 0. The van der Waals surface area contributed by atoms with Gasteiger partial charge in [-0.2, -0.15) is 0 Å². The smallest absolute Gasteiger partial charge is 0.410 e. The number of aliphatic hydroxyl groups is 1. The van der Waals surface area contributed by atoms with Crippen molar-refractivity contribution in [2.75, 3.05) is 26.3 Å². The van der Waals surface area contributed by atoms with Crippen molar-refractivity contribution in [1.29, 1.82) is 0 Å². The lowest BCUT2D eigenvalue weighted by Crippen LogP contribution is -2.46. The Balaban J connectivity index is 1.61. The van der Waals surface area contributed by atoms with Crippen LogP contribution in [0, 0.1) is 0 Å². The molecule has 0 radical (unpaired) electrons. The molecule has 0 bridgehead atoms. The van der Waals surface area contributed by atoms with Gasteiger partial charge in [-0.1, -0.05) is 0 Å². The van der Waals surface area contributed by atoms with Crippen LogP contribution in [0.1, 0.15) is 46.5 Å². The third-order valence-electron chi connectivity index (χ3n) is 3.97. The Labute approximate surface area is 132 Å². The molecule has 1 aliphatic carbocycles. The topological polar surface area (TPSA) is 68.2 Å². The van der Waals surface area contributed by atoms with Gasteiger partial charge >= 0.3 is 6.09 Å². The van der Waals surface area contributed by atoms with Gasteiger partial charge in [0.2, 0.25) is 0 Å². The molecule has 2 aliphatic rings. The Morgan fingerprint density at radius 3 is 2.32 bits per heavy atom. The second kappa shape index (κ2) is 7.62. The van der Waals surface area contributed by atoms with Gasteiger partial charge < -0.3 is 24.2 Å². The molecule has 6 nitrogen and oxygen atoms in total. The van der Waals surface area contributed by atoms with Crippen LogP contribution in [-0.2, 0) is 14.2 Å². The summed E-state index contributed by atoms with van der Waals surface area (Å²) in [6.45, 7) is 7.51. The molecule has 6 heteroatoms. The summed E-state index contributed by atoms with van der Waals surface area (Å²) in [5, 5.41) is 8.70. The summed E-state index contributed by atoms with van der Waals surface area (Å²) in [5.74, 6) is 0. The van der Waals surface area contributed by atoms with Crippen LogP contribution in [0.3, 0.4) is 0 Å². The molecule has 1 N–H and O–H groups in total. The number of nitrogens with zero attached hydrogens (tertiary/aromatic N) is 1. The van der Waals surface area contributed by atoms with Crippen LogP contribution in [0.2, 0.25) is 0 Å². The SMILES string of the molecule is CC(C)(C)OC(=O)N1CCC(O[C@H]2C[C@H](OCCO)C2)CC1. The number of aliphatic hydroxyl groups excluding tert-OH is 1. The first-order valence-electron chi connectivity index (χ1n) is 8.23. The van der Waals surface area contributed by atoms with Crippen LogP contribution in [0.25, 0.3) is 0 Å². The first-order valence-corrected chi connectivity index (χ1v) is 8.23. The summed E-state index contributed by atoms with van der Waals surface area (Å²) in [4.78, 5) is 13.7. The number of rotatable bonds is 5. The van der Waals surface area contributed by atoms with E-state index >= 15 is 0 Å². The molecule has 128 valence electrons. The van der Waals surface area contributed by atoms with Crippen molar-refractivity contribution < 1.29 is 24.1 Å². The van der Waals surface area contributed by atoms with Gasteiger partial charge in [0.05, 0.1) is 31.5 Å². The first kappa shape index (κ1) is 17.5. The molecule has 1 saturated heterocycles. The van der Waals surface area contributed by atoms with Crippen LogP contribution in [0.15, 0.2) is 0 Å². The molecule has 1 amide bonds. The molecule has 0 unspecified atom stereocenters. The predicted molar refractivity (Wildman–Crippen MR) is 81.8 cm³/mol.